The van der Waals surface area contributed by atoms with Gasteiger partial charge in [-0.2, -0.15) is 0 Å². The van der Waals surface area contributed by atoms with E-state index in [1.807, 2.05) is 27.7 Å². The molecule has 0 spiro atoms. The smallest absolute Gasteiger partial charge is 0.408 e. The van der Waals surface area contributed by atoms with E-state index in [0.29, 0.717) is 11.8 Å². The lowest BCUT2D eigenvalue weighted by atomic mass is 9.76. The number of ether oxygens (including phenoxy) is 1. The highest BCUT2D eigenvalue weighted by molar-refractivity contribution is 5.69. The number of hydrogen-bond donors (Lipinski definition) is 2. The first-order chi connectivity index (χ1) is 7.71. The summed E-state index contributed by atoms with van der Waals surface area (Å²) < 4.78 is 5.27. The summed E-state index contributed by atoms with van der Waals surface area (Å²) in [6, 6.07) is 0. The zero-order valence-electron chi connectivity index (χ0n) is 11.1. The highest BCUT2D eigenvalue weighted by Crippen LogP contribution is 2.56. The summed E-state index contributed by atoms with van der Waals surface area (Å²) in [5, 5.41) is 12.6. The molecule has 3 aliphatic rings. The van der Waals surface area contributed by atoms with Crippen LogP contribution >= 0.6 is 0 Å². The Morgan fingerprint density at radius 2 is 2.00 bits per heavy atom. The van der Waals surface area contributed by atoms with Crippen LogP contribution < -0.4 is 5.32 Å². The van der Waals surface area contributed by atoms with E-state index in [4.69, 9.17) is 4.74 Å². The maximum atomic E-state index is 11.7. The molecular weight excluding hydrogens is 218 g/mol. The Morgan fingerprint density at radius 3 is 2.41 bits per heavy atom. The number of amides is 1. The molecule has 17 heavy (non-hydrogen) atoms. The van der Waals surface area contributed by atoms with Gasteiger partial charge in [-0.25, -0.2) is 4.79 Å². The summed E-state index contributed by atoms with van der Waals surface area (Å²) in [6.07, 6.45) is 2.25. The SMILES string of the molecule is CC(O)C1CC2(NC(=O)OC(C)(C)C)CC1C2. The number of rotatable bonds is 2. The van der Waals surface area contributed by atoms with Gasteiger partial charge in [-0.3, -0.25) is 0 Å². The summed E-state index contributed by atoms with van der Waals surface area (Å²) in [5.41, 5.74) is -0.555. The maximum Gasteiger partial charge on any atom is 0.408 e. The van der Waals surface area contributed by atoms with Gasteiger partial charge in [-0.1, -0.05) is 0 Å². The number of aliphatic hydroxyl groups is 1. The van der Waals surface area contributed by atoms with Crippen LogP contribution in [0.25, 0.3) is 0 Å². The summed E-state index contributed by atoms with van der Waals surface area (Å²) in [5.74, 6) is 0.912. The van der Waals surface area contributed by atoms with E-state index >= 15 is 0 Å². The molecule has 0 aromatic rings. The number of hydrogen-bond acceptors (Lipinski definition) is 3. The second kappa shape index (κ2) is 3.87. The largest absolute Gasteiger partial charge is 0.444 e. The third-order valence-electron chi connectivity index (χ3n) is 3.92. The number of fused-ring (bicyclic) bond motifs is 1. The third-order valence-corrected chi connectivity index (χ3v) is 3.92. The van der Waals surface area contributed by atoms with Gasteiger partial charge in [0.1, 0.15) is 5.60 Å². The fourth-order valence-corrected chi connectivity index (χ4v) is 3.27. The lowest BCUT2D eigenvalue weighted by Crippen LogP contribution is -2.53. The molecule has 3 rings (SSSR count). The molecule has 3 saturated carbocycles. The zero-order valence-corrected chi connectivity index (χ0v) is 11.1. The number of nitrogens with one attached hydrogen (secondary N) is 1. The van der Waals surface area contributed by atoms with E-state index < -0.39 is 5.60 Å². The van der Waals surface area contributed by atoms with E-state index in [9.17, 15) is 9.90 Å². The molecule has 2 atom stereocenters. The minimum Gasteiger partial charge on any atom is -0.444 e. The maximum absolute atomic E-state index is 11.7. The summed E-state index contributed by atoms with van der Waals surface area (Å²) in [6.45, 7) is 7.43. The average Bonchev–Trinajstić information content (AvgIpc) is 2.53. The lowest BCUT2D eigenvalue weighted by Gasteiger charge is -2.39. The van der Waals surface area contributed by atoms with Crippen LogP contribution in [0.15, 0.2) is 0 Å². The molecule has 3 aliphatic carbocycles. The second-order valence-electron chi connectivity index (χ2n) is 6.68. The van der Waals surface area contributed by atoms with Gasteiger partial charge in [0, 0.05) is 5.54 Å². The van der Waals surface area contributed by atoms with E-state index in [0.717, 1.165) is 19.3 Å². The first-order valence-corrected chi connectivity index (χ1v) is 6.40. The molecule has 0 radical (unpaired) electrons. The minimum absolute atomic E-state index is 0.103. The van der Waals surface area contributed by atoms with Crippen LogP contribution in [0.3, 0.4) is 0 Å². The van der Waals surface area contributed by atoms with Gasteiger partial charge in [0.15, 0.2) is 0 Å². The molecule has 0 aromatic heterocycles. The molecule has 2 N–H and O–H groups in total. The molecule has 1 amide bonds. The highest BCUT2D eigenvalue weighted by atomic mass is 16.6. The number of aliphatic hydroxyl groups excluding tert-OH is 1. The van der Waals surface area contributed by atoms with E-state index in [1.54, 1.807) is 0 Å². The lowest BCUT2D eigenvalue weighted by molar-refractivity contribution is 0.0391. The molecule has 0 aromatic carbocycles. The van der Waals surface area contributed by atoms with Crippen molar-refractivity contribution in [2.24, 2.45) is 11.8 Å². The fourth-order valence-electron chi connectivity index (χ4n) is 3.27. The number of carbonyl (C=O) groups is 1. The van der Waals surface area contributed by atoms with Crippen molar-refractivity contribution in [2.45, 2.75) is 64.2 Å². The van der Waals surface area contributed by atoms with Gasteiger partial charge >= 0.3 is 6.09 Å². The van der Waals surface area contributed by atoms with Gasteiger partial charge < -0.3 is 15.2 Å². The average molecular weight is 241 g/mol. The normalized spacial score (nSPS) is 37.2. The molecule has 0 heterocycles. The van der Waals surface area contributed by atoms with Gasteiger partial charge in [0.05, 0.1) is 6.10 Å². The van der Waals surface area contributed by atoms with Crippen LogP contribution in [0.2, 0.25) is 0 Å². The summed E-state index contributed by atoms with van der Waals surface area (Å²) in [4.78, 5) is 11.7. The van der Waals surface area contributed by atoms with E-state index in [-0.39, 0.29) is 17.7 Å². The Labute approximate surface area is 103 Å². The first-order valence-electron chi connectivity index (χ1n) is 6.40. The Bertz CT molecular complexity index is 313. The van der Waals surface area contributed by atoms with Gasteiger partial charge in [0.25, 0.3) is 0 Å². The fraction of sp³-hybridized carbons (Fsp3) is 0.923. The molecule has 98 valence electrons. The number of alkyl carbamates (subject to hydrolysis) is 1. The first kappa shape index (κ1) is 12.7. The van der Waals surface area contributed by atoms with Gasteiger partial charge in [-0.15, -0.1) is 0 Å². The third kappa shape index (κ3) is 2.57. The van der Waals surface area contributed by atoms with Crippen molar-refractivity contribution < 1.29 is 14.6 Å². The molecule has 0 saturated heterocycles. The zero-order chi connectivity index (χ0) is 12.8. The monoisotopic (exact) mass is 241 g/mol. The van der Waals surface area contributed by atoms with Crippen LogP contribution in [0.5, 0.6) is 0 Å². The van der Waals surface area contributed by atoms with Crippen molar-refractivity contribution in [3.63, 3.8) is 0 Å². The van der Waals surface area contributed by atoms with Crippen LogP contribution in [-0.2, 0) is 4.74 Å². The summed E-state index contributed by atoms with van der Waals surface area (Å²) >= 11 is 0. The molecule has 3 fully saturated rings. The molecule has 0 aliphatic heterocycles. The van der Waals surface area contributed by atoms with Crippen LogP contribution in [0.1, 0.15) is 47.0 Å². The molecule has 4 heteroatoms. The van der Waals surface area contributed by atoms with Crippen LogP contribution in [0, 0.1) is 11.8 Å². The quantitative estimate of drug-likeness (QED) is 0.778. The van der Waals surface area contributed by atoms with Crippen molar-refractivity contribution in [1.82, 2.24) is 5.32 Å². The minimum atomic E-state index is -0.452. The number of carbonyl (C=O) groups excluding carboxylic acids is 1. The molecule has 4 nitrogen and oxygen atoms in total. The van der Waals surface area contributed by atoms with Crippen LogP contribution in [0.4, 0.5) is 4.79 Å². The standard InChI is InChI=1S/C13H23NO3/c1-8(15)10-7-13(5-9(10)6-13)14-11(16)17-12(2,3)4/h8-10,15H,5-7H2,1-4H3,(H,14,16). The van der Waals surface area contributed by atoms with E-state index in [2.05, 4.69) is 5.32 Å². The van der Waals surface area contributed by atoms with Crippen molar-refractivity contribution in [3.8, 4) is 0 Å². The van der Waals surface area contributed by atoms with Crippen molar-refractivity contribution >= 4 is 6.09 Å². The topological polar surface area (TPSA) is 58.6 Å². The second-order valence-corrected chi connectivity index (χ2v) is 6.68. The Kier molecular flexibility index (Phi) is 2.89. The predicted octanol–water partition coefficient (Wildman–Crippen LogP) is 2.06. The molecular formula is C13H23NO3. The van der Waals surface area contributed by atoms with Gasteiger partial charge in [0.2, 0.25) is 0 Å². The Morgan fingerprint density at radius 1 is 1.41 bits per heavy atom. The summed E-state index contributed by atoms with van der Waals surface area (Å²) in [7, 11) is 0. The van der Waals surface area contributed by atoms with Crippen LogP contribution in [-0.4, -0.2) is 28.4 Å². The predicted molar refractivity (Wildman–Crippen MR) is 64.6 cm³/mol. The highest BCUT2D eigenvalue weighted by Gasteiger charge is 2.58. The Balaban J connectivity index is 1.88. The van der Waals surface area contributed by atoms with Crippen molar-refractivity contribution in [2.75, 3.05) is 0 Å². The van der Waals surface area contributed by atoms with Crippen molar-refractivity contribution in [3.05, 3.63) is 0 Å². The van der Waals surface area contributed by atoms with Crippen molar-refractivity contribution in [1.29, 1.82) is 0 Å². The molecule has 2 unspecified atom stereocenters. The Hall–Kier alpha value is -0.770. The van der Waals surface area contributed by atoms with E-state index in [1.165, 1.54) is 0 Å². The molecule has 2 bridgehead atoms. The van der Waals surface area contributed by atoms with Gasteiger partial charge in [-0.05, 0) is 58.8 Å².